The second-order valence-corrected chi connectivity index (χ2v) is 7.01. The van der Waals surface area contributed by atoms with Crippen LogP contribution in [0.4, 0.5) is 5.69 Å². The quantitative estimate of drug-likeness (QED) is 0.313. The van der Waals surface area contributed by atoms with E-state index in [1.165, 1.54) is 0 Å². The van der Waals surface area contributed by atoms with E-state index in [0.29, 0.717) is 37.2 Å². The van der Waals surface area contributed by atoms with Crippen molar-refractivity contribution in [3.8, 4) is 11.5 Å². The molecular weight excluding hydrogens is 519 g/mol. The minimum absolute atomic E-state index is 0. The average Bonchev–Trinajstić information content (AvgIpc) is 2.75. The van der Waals surface area contributed by atoms with Crippen molar-refractivity contribution in [1.29, 1.82) is 0 Å². The van der Waals surface area contributed by atoms with Gasteiger partial charge in [-0.15, -0.1) is 24.0 Å². The number of guanidine groups is 1. The molecule has 2 aromatic carbocycles. The SMILES string of the molecule is COc1ccc(NC(N)=NCC(c2ccccc2Cl)N2CCOCC2)cc1OC.I. The molecule has 1 atom stereocenters. The predicted molar refractivity (Wildman–Crippen MR) is 132 cm³/mol. The van der Waals surface area contributed by atoms with Crippen molar-refractivity contribution in [2.75, 3.05) is 52.4 Å². The Hall–Kier alpha value is -1.75. The summed E-state index contributed by atoms with van der Waals surface area (Å²) in [6.07, 6.45) is 0. The lowest BCUT2D eigenvalue weighted by molar-refractivity contribution is 0.0180. The van der Waals surface area contributed by atoms with E-state index in [1.54, 1.807) is 14.2 Å². The van der Waals surface area contributed by atoms with Crippen molar-refractivity contribution in [3.05, 3.63) is 53.1 Å². The Morgan fingerprint density at radius 3 is 2.53 bits per heavy atom. The first-order valence-corrected chi connectivity index (χ1v) is 9.85. The summed E-state index contributed by atoms with van der Waals surface area (Å²) in [5, 5.41) is 3.84. The number of morpholine rings is 1. The number of anilines is 1. The van der Waals surface area contributed by atoms with E-state index in [1.807, 2.05) is 42.5 Å². The lowest BCUT2D eigenvalue weighted by Crippen LogP contribution is -2.40. The number of nitrogens with zero attached hydrogens (tertiary/aromatic N) is 2. The van der Waals surface area contributed by atoms with Crippen LogP contribution in [-0.2, 0) is 4.74 Å². The second kappa shape index (κ2) is 12.2. The van der Waals surface area contributed by atoms with Crippen molar-refractivity contribution in [2.45, 2.75) is 6.04 Å². The van der Waals surface area contributed by atoms with Crippen LogP contribution in [0.3, 0.4) is 0 Å². The van der Waals surface area contributed by atoms with Crippen LogP contribution in [0.2, 0.25) is 5.02 Å². The molecule has 30 heavy (non-hydrogen) atoms. The molecule has 0 spiro atoms. The summed E-state index contributed by atoms with van der Waals surface area (Å²) in [5.74, 6) is 1.59. The van der Waals surface area contributed by atoms with E-state index in [0.717, 1.165) is 29.4 Å². The molecule has 1 unspecified atom stereocenters. The highest BCUT2D eigenvalue weighted by Gasteiger charge is 2.24. The van der Waals surface area contributed by atoms with E-state index in [-0.39, 0.29) is 30.0 Å². The topological polar surface area (TPSA) is 81.3 Å². The number of benzene rings is 2. The molecule has 9 heteroatoms. The number of methoxy groups -OCH3 is 2. The van der Waals surface area contributed by atoms with Gasteiger partial charge in [0.2, 0.25) is 0 Å². The highest BCUT2D eigenvalue weighted by molar-refractivity contribution is 14.0. The van der Waals surface area contributed by atoms with Crippen molar-refractivity contribution in [3.63, 3.8) is 0 Å². The first-order valence-electron chi connectivity index (χ1n) is 9.47. The number of rotatable bonds is 7. The molecule has 1 fully saturated rings. The van der Waals surface area contributed by atoms with Crippen molar-refractivity contribution in [1.82, 2.24) is 4.90 Å². The maximum absolute atomic E-state index is 6.47. The molecule has 0 saturated carbocycles. The molecule has 0 aromatic heterocycles. The van der Waals surface area contributed by atoms with Crippen LogP contribution < -0.4 is 20.5 Å². The van der Waals surface area contributed by atoms with Crippen molar-refractivity contribution in [2.24, 2.45) is 10.7 Å². The minimum Gasteiger partial charge on any atom is -0.493 e. The standard InChI is InChI=1S/C21H27ClN4O3.HI/c1-27-19-8-7-15(13-20(19)28-2)25-21(23)24-14-18(26-9-11-29-12-10-26)16-5-3-4-6-17(16)22;/h3-8,13,18H,9-12,14H2,1-2H3,(H3,23,24,25);1H. The van der Waals surface area contributed by atoms with Gasteiger partial charge in [0.25, 0.3) is 0 Å². The van der Waals surface area contributed by atoms with Gasteiger partial charge in [-0.05, 0) is 23.8 Å². The van der Waals surface area contributed by atoms with E-state index < -0.39 is 0 Å². The third kappa shape index (κ3) is 6.37. The third-order valence-corrected chi connectivity index (χ3v) is 5.19. The lowest BCUT2D eigenvalue weighted by atomic mass is 10.0. The Bertz CT molecular complexity index is 847. The minimum atomic E-state index is 0. The molecule has 164 valence electrons. The number of ether oxygens (including phenoxy) is 3. The van der Waals surface area contributed by atoms with Crippen LogP contribution in [0, 0.1) is 0 Å². The molecule has 1 aliphatic heterocycles. The van der Waals surface area contributed by atoms with Crippen molar-refractivity contribution >= 4 is 47.2 Å². The maximum atomic E-state index is 6.47. The van der Waals surface area contributed by atoms with Crippen LogP contribution in [0.5, 0.6) is 11.5 Å². The summed E-state index contributed by atoms with van der Waals surface area (Å²) in [5.41, 5.74) is 7.96. The first-order chi connectivity index (χ1) is 14.1. The van der Waals surface area contributed by atoms with Crippen LogP contribution in [-0.4, -0.2) is 57.9 Å². The second-order valence-electron chi connectivity index (χ2n) is 6.61. The molecule has 1 saturated heterocycles. The summed E-state index contributed by atoms with van der Waals surface area (Å²) < 4.78 is 16.1. The fraction of sp³-hybridized carbons (Fsp3) is 0.381. The molecule has 0 radical (unpaired) electrons. The van der Waals surface area contributed by atoms with Gasteiger partial charge in [-0.25, -0.2) is 0 Å². The van der Waals surface area contributed by atoms with E-state index in [4.69, 9.17) is 31.5 Å². The van der Waals surface area contributed by atoms with Gasteiger partial charge in [-0.2, -0.15) is 0 Å². The molecule has 2 aromatic rings. The van der Waals surface area contributed by atoms with E-state index in [2.05, 4.69) is 15.2 Å². The number of aliphatic imine (C=N–C) groups is 1. The highest BCUT2D eigenvalue weighted by atomic mass is 127. The summed E-state index contributed by atoms with van der Waals surface area (Å²) in [4.78, 5) is 6.91. The monoisotopic (exact) mass is 546 g/mol. The highest BCUT2D eigenvalue weighted by Crippen LogP contribution is 2.30. The van der Waals surface area contributed by atoms with Gasteiger partial charge in [0.05, 0.1) is 40.0 Å². The molecule has 3 N–H and O–H groups in total. The number of hydrogen-bond acceptors (Lipinski definition) is 5. The maximum Gasteiger partial charge on any atom is 0.193 e. The summed E-state index contributed by atoms with van der Waals surface area (Å²) >= 11 is 6.47. The zero-order valence-electron chi connectivity index (χ0n) is 17.1. The zero-order valence-corrected chi connectivity index (χ0v) is 20.2. The summed E-state index contributed by atoms with van der Waals surface area (Å²) in [7, 11) is 3.19. The molecule has 7 nitrogen and oxygen atoms in total. The van der Waals surface area contributed by atoms with Gasteiger partial charge in [-0.3, -0.25) is 9.89 Å². The van der Waals surface area contributed by atoms with Crippen molar-refractivity contribution < 1.29 is 14.2 Å². The number of hydrogen-bond donors (Lipinski definition) is 2. The summed E-state index contributed by atoms with van der Waals surface area (Å²) in [6.45, 7) is 3.53. The smallest absolute Gasteiger partial charge is 0.193 e. The normalized spacial score (nSPS) is 15.8. The number of nitrogens with one attached hydrogen (secondary N) is 1. The van der Waals surface area contributed by atoms with Gasteiger partial charge in [0.15, 0.2) is 17.5 Å². The van der Waals surface area contributed by atoms with Gasteiger partial charge >= 0.3 is 0 Å². The van der Waals surface area contributed by atoms with Gasteiger partial charge in [0.1, 0.15) is 0 Å². The molecule has 1 aliphatic rings. The Morgan fingerprint density at radius 1 is 1.17 bits per heavy atom. The molecule has 0 amide bonds. The number of halogens is 2. The predicted octanol–water partition coefficient (Wildman–Crippen LogP) is 3.78. The van der Waals surface area contributed by atoms with Crippen LogP contribution >= 0.6 is 35.6 Å². The third-order valence-electron chi connectivity index (χ3n) is 4.84. The molecule has 1 heterocycles. The van der Waals surface area contributed by atoms with Crippen LogP contribution in [0.1, 0.15) is 11.6 Å². The van der Waals surface area contributed by atoms with Gasteiger partial charge in [-0.1, -0.05) is 29.8 Å². The first kappa shape index (κ1) is 24.5. The van der Waals surface area contributed by atoms with Crippen LogP contribution in [0.25, 0.3) is 0 Å². The lowest BCUT2D eigenvalue weighted by Gasteiger charge is -2.34. The summed E-state index contributed by atoms with van der Waals surface area (Å²) in [6, 6.07) is 13.4. The van der Waals surface area contributed by atoms with E-state index >= 15 is 0 Å². The number of nitrogens with two attached hydrogens (primary N) is 1. The van der Waals surface area contributed by atoms with Gasteiger partial charge in [0, 0.05) is 29.9 Å². The largest absolute Gasteiger partial charge is 0.493 e. The fourth-order valence-electron chi connectivity index (χ4n) is 3.33. The molecule has 0 aliphatic carbocycles. The van der Waals surface area contributed by atoms with Gasteiger partial charge < -0.3 is 25.3 Å². The van der Waals surface area contributed by atoms with E-state index in [9.17, 15) is 0 Å². The molecule has 0 bridgehead atoms. The fourth-order valence-corrected chi connectivity index (χ4v) is 3.59. The Kier molecular flexibility index (Phi) is 9.96. The zero-order chi connectivity index (χ0) is 20.6. The average molecular weight is 547 g/mol. The Morgan fingerprint density at radius 2 is 1.87 bits per heavy atom. The molecule has 3 rings (SSSR count). The Balaban J connectivity index is 0.00000320. The molecular formula is C21H28ClIN4O3. The Labute approximate surface area is 199 Å². The van der Waals surface area contributed by atoms with Crippen LogP contribution in [0.15, 0.2) is 47.5 Å².